The molecular weight excluding hydrogens is 523 g/mol. The summed E-state index contributed by atoms with van der Waals surface area (Å²) >= 11 is 0. The first-order valence-corrected chi connectivity index (χ1v) is 13.5. The normalized spacial score (nSPS) is 20.8. The van der Waals surface area contributed by atoms with Crippen LogP contribution in [0.25, 0.3) is 0 Å². The Morgan fingerprint density at radius 1 is 0.718 bits per heavy atom. The van der Waals surface area contributed by atoms with Crippen molar-refractivity contribution in [2.45, 2.75) is 17.0 Å². The highest BCUT2D eigenvalue weighted by atomic mass is 32.2. The van der Waals surface area contributed by atoms with Crippen molar-refractivity contribution in [1.82, 2.24) is 0 Å². The maximum atomic E-state index is 13.7. The molecule has 8 nitrogen and oxygen atoms in total. The number of fused-ring (bicyclic) bond motifs is 1. The van der Waals surface area contributed by atoms with Gasteiger partial charge in [-0.15, -0.1) is 0 Å². The predicted octanol–water partition coefficient (Wildman–Crippen LogP) is 4.64. The maximum absolute atomic E-state index is 13.7. The summed E-state index contributed by atoms with van der Waals surface area (Å²) in [5, 5.41) is 1.53. The summed E-state index contributed by atoms with van der Waals surface area (Å²) < 4.78 is 44.1. The Morgan fingerprint density at radius 2 is 1.33 bits per heavy atom. The van der Waals surface area contributed by atoms with Gasteiger partial charge in [-0.2, -0.15) is 8.42 Å². The number of hydrogen-bond donors (Lipinski definition) is 0. The van der Waals surface area contributed by atoms with Gasteiger partial charge in [-0.25, -0.2) is 14.4 Å². The number of amides is 2. The van der Waals surface area contributed by atoms with Crippen molar-refractivity contribution in [3.8, 4) is 5.75 Å². The lowest BCUT2D eigenvalue weighted by Crippen LogP contribution is -2.37. The van der Waals surface area contributed by atoms with E-state index < -0.39 is 45.8 Å². The van der Waals surface area contributed by atoms with Crippen molar-refractivity contribution in [3.63, 3.8) is 0 Å². The molecule has 2 aliphatic heterocycles. The molecule has 0 N–H and O–H groups in total. The summed E-state index contributed by atoms with van der Waals surface area (Å²) in [6.45, 7) is 0. The lowest BCUT2D eigenvalue weighted by atomic mass is 9.90. The first kappa shape index (κ1) is 24.8. The van der Waals surface area contributed by atoms with Crippen molar-refractivity contribution in [2.24, 2.45) is 5.92 Å². The zero-order valence-electron chi connectivity index (χ0n) is 20.3. The molecule has 0 aliphatic carbocycles. The average molecular weight is 545 g/mol. The maximum Gasteiger partial charge on any atom is 0.339 e. The molecule has 6 rings (SSSR count). The highest BCUT2D eigenvalue weighted by molar-refractivity contribution is 7.87. The van der Waals surface area contributed by atoms with E-state index in [0.717, 1.165) is 4.90 Å². The number of benzene rings is 4. The number of anilines is 2. The fraction of sp³-hybridized carbons (Fsp3) is 0.103. The van der Waals surface area contributed by atoms with E-state index in [4.69, 9.17) is 9.02 Å². The largest absolute Gasteiger partial charge is 0.379 e. The second-order valence-electron chi connectivity index (χ2n) is 9.07. The fourth-order valence-corrected chi connectivity index (χ4v) is 5.83. The molecule has 4 aromatic carbocycles. The van der Waals surface area contributed by atoms with E-state index in [1.165, 1.54) is 53.6 Å². The Balaban J connectivity index is 1.34. The number of para-hydroxylation sites is 1. The average Bonchev–Trinajstić information content (AvgIpc) is 3.46. The second kappa shape index (κ2) is 9.64. The topological polar surface area (TPSA) is 93.2 Å². The molecule has 2 saturated heterocycles. The number of hydroxylamine groups is 1. The van der Waals surface area contributed by atoms with Crippen molar-refractivity contribution >= 4 is 33.3 Å². The minimum atomic E-state index is -4.04. The molecule has 2 aliphatic rings. The first-order valence-electron chi connectivity index (χ1n) is 12.1. The van der Waals surface area contributed by atoms with Gasteiger partial charge in [0.05, 0.1) is 17.4 Å². The van der Waals surface area contributed by atoms with Crippen LogP contribution in [0.15, 0.2) is 114 Å². The van der Waals surface area contributed by atoms with Crippen LogP contribution < -0.4 is 14.1 Å². The van der Waals surface area contributed by atoms with Crippen LogP contribution in [0.3, 0.4) is 0 Å². The molecule has 196 valence electrons. The SMILES string of the molecule is O=C1[C@@H]2[C@@H](ON(c3ccccc3)[C@H]2c2ccc(OS(=O)(=O)c3ccccc3)cc2)C(=O)N1c1ccc(F)cc1. The fourth-order valence-electron chi connectivity index (χ4n) is 4.88. The van der Waals surface area contributed by atoms with E-state index >= 15 is 0 Å². The van der Waals surface area contributed by atoms with Crippen LogP contribution in [0.1, 0.15) is 11.6 Å². The van der Waals surface area contributed by atoms with Crippen LogP contribution in [-0.2, 0) is 24.5 Å². The summed E-state index contributed by atoms with van der Waals surface area (Å²) in [6.07, 6.45) is -1.10. The molecule has 3 atom stereocenters. The van der Waals surface area contributed by atoms with Crippen molar-refractivity contribution in [1.29, 1.82) is 0 Å². The molecule has 0 unspecified atom stereocenters. The predicted molar refractivity (Wildman–Crippen MR) is 140 cm³/mol. The number of carbonyl (C=O) groups excluding carboxylic acids is 2. The van der Waals surface area contributed by atoms with Gasteiger partial charge in [-0.3, -0.25) is 14.4 Å². The van der Waals surface area contributed by atoms with Gasteiger partial charge in [0.1, 0.15) is 22.4 Å². The Kier molecular flexibility index (Phi) is 6.13. The Morgan fingerprint density at radius 3 is 1.97 bits per heavy atom. The van der Waals surface area contributed by atoms with E-state index in [9.17, 15) is 22.4 Å². The highest BCUT2D eigenvalue weighted by Crippen LogP contribution is 2.47. The van der Waals surface area contributed by atoms with Crippen LogP contribution >= 0.6 is 0 Å². The third-order valence-corrected chi connectivity index (χ3v) is 7.93. The van der Waals surface area contributed by atoms with Gasteiger partial charge in [-0.1, -0.05) is 48.5 Å². The van der Waals surface area contributed by atoms with Crippen molar-refractivity contribution in [2.75, 3.05) is 9.96 Å². The van der Waals surface area contributed by atoms with Crippen LogP contribution in [0.4, 0.5) is 15.8 Å². The number of carbonyl (C=O) groups is 2. The van der Waals surface area contributed by atoms with Gasteiger partial charge >= 0.3 is 10.1 Å². The van der Waals surface area contributed by atoms with Gasteiger partial charge in [0.2, 0.25) is 5.91 Å². The van der Waals surface area contributed by atoms with Crippen LogP contribution in [0, 0.1) is 11.7 Å². The van der Waals surface area contributed by atoms with E-state index in [1.807, 2.05) is 18.2 Å². The molecule has 4 aromatic rings. The first-order chi connectivity index (χ1) is 18.8. The smallest absolute Gasteiger partial charge is 0.339 e. The zero-order chi connectivity index (χ0) is 27.1. The highest BCUT2D eigenvalue weighted by Gasteiger charge is 2.60. The monoisotopic (exact) mass is 544 g/mol. The molecule has 0 bridgehead atoms. The second-order valence-corrected chi connectivity index (χ2v) is 10.6. The number of nitrogens with zero attached hydrogens (tertiary/aromatic N) is 2. The standard InChI is InChI=1S/C29H21FN2O6S/c30-20-13-15-21(16-14-20)31-28(33)25-26(32(37-27(25)29(31)34)22-7-3-1-4-8-22)19-11-17-23(18-12-19)38-39(35,36)24-9-5-2-6-10-24/h1-18,25-27H/t25-,26-,27+/m0/s1. The Bertz CT molecular complexity index is 1630. The van der Waals surface area contributed by atoms with E-state index in [0.29, 0.717) is 11.3 Å². The third kappa shape index (κ3) is 4.43. The van der Waals surface area contributed by atoms with Crippen molar-refractivity contribution in [3.05, 3.63) is 121 Å². The third-order valence-electron chi connectivity index (χ3n) is 6.67. The quantitative estimate of drug-likeness (QED) is 0.258. The Labute approximate surface area is 223 Å². The summed E-state index contributed by atoms with van der Waals surface area (Å²) in [6, 6.07) is 27.5. The molecule has 0 spiro atoms. The minimum Gasteiger partial charge on any atom is -0.379 e. The summed E-state index contributed by atoms with van der Waals surface area (Å²) in [5.41, 5.74) is 1.50. The molecular formula is C29H21FN2O6S. The molecule has 0 saturated carbocycles. The van der Waals surface area contributed by atoms with Gasteiger partial charge in [0, 0.05) is 0 Å². The van der Waals surface area contributed by atoms with Crippen LogP contribution in [0.2, 0.25) is 0 Å². The van der Waals surface area contributed by atoms with E-state index in [-0.39, 0.29) is 16.3 Å². The molecule has 2 fully saturated rings. The van der Waals surface area contributed by atoms with E-state index in [1.54, 1.807) is 42.5 Å². The Hall–Kier alpha value is -4.54. The molecule has 10 heteroatoms. The lowest BCUT2D eigenvalue weighted by Gasteiger charge is -2.28. The van der Waals surface area contributed by atoms with Crippen molar-refractivity contribution < 1.29 is 31.4 Å². The molecule has 2 amide bonds. The molecule has 39 heavy (non-hydrogen) atoms. The number of halogens is 1. The number of imide groups is 1. The summed E-state index contributed by atoms with van der Waals surface area (Å²) in [4.78, 5) is 34.1. The molecule has 0 radical (unpaired) electrons. The zero-order valence-corrected chi connectivity index (χ0v) is 21.1. The molecule has 0 aromatic heterocycles. The number of hydrogen-bond acceptors (Lipinski definition) is 7. The van der Waals surface area contributed by atoms with Gasteiger partial charge in [0.25, 0.3) is 5.91 Å². The van der Waals surface area contributed by atoms with Crippen LogP contribution in [-0.4, -0.2) is 26.3 Å². The summed E-state index contributed by atoms with van der Waals surface area (Å²) in [5.74, 6) is -2.33. The summed E-state index contributed by atoms with van der Waals surface area (Å²) in [7, 11) is -4.04. The van der Waals surface area contributed by atoms with Crippen LogP contribution in [0.5, 0.6) is 5.75 Å². The van der Waals surface area contributed by atoms with E-state index in [2.05, 4.69) is 0 Å². The number of rotatable bonds is 6. The van der Waals surface area contributed by atoms with Gasteiger partial charge in [0.15, 0.2) is 6.10 Å². The minimum absolute atomic E-state index is 0.0207. The molecule has 2 heterocycles. The lowest BCUT2D eigenvalue weighted by molar-refractivity contribution is -0.126. The van der Waals surface area contributed by atoms with Gasteiger partial charge < -0.3 is 4.18 Å². The van der Waals surface area contributed by atoms with Gasteiger partial charge in [-0.05, 0) is 66.2 Å².